The molecule has 4 nitrogen and oxygen atoms in total. The van der Waals surface area contributed by atoms with Crippen molar-refractivity contribution in [1.29, 1.82) is 0 Å². The Hall–Kier alpha value is -2.02. The van der Waals surface area contributed by atoms with Gasteiger partial charge in [-0.15, -0.1) is 0 Å². The zero-order chi connectivity index (χ0) is 13.7. The fraction of sp³-hybridized carbons (Fsp3) is 0.429. The Balaban J connectivity index is 3.43. The second-order valence-corrected chi connectivity index (χ2v) is 4.27. The molecule has 0 aliphatic carbocycles. The van der Waals surface area contributed by atoms with E-state index in [9.17, 15) is 9.59 Å². The van der Waals surface area contributed by atoms with Crippen molar-refractivity contribution in [3.63, 3.8) is 0 Å². The van der Waals surface area contributed by atoms with Gasteiger partial charge in [0.1, 0.15) is 0 Å². The Kier molecular flexibility index (Phi) is 4.73. The van der Waals surface area contributed by atoms with Crippen LogP contribution in [-0.4, -0.2) is 12.2 Å². The molecule has 0 aromatic heterocycles. The molecule has 0 fully saturated rings. The highest BCUT2D eigenvalue weighted by atomic mass is 16.1. The normalized spacial score (nSPS) is 9.56. The molecular formula is C14H16N2O2. The van der Waals surface area contributed by atoms with Gasteiger partial charge in [0.25, 0.3) is 0 Å². The van der Waals surface area contributed by atoms with Gasteiger partial charge in [0.2, 0.25) is 12.2 Å². The fourth-order valence-corrected chi connectivity index (χ4v) is 2.16. The maximum Gasteiger partial charge on any atom is 0.235 e. The van der Waals surface area contributed by atoms with Gasteiger partial charge in [0.15, 0.2) is 0 Å². The van der Waals surface area contributed by atoms with Crippen molar-refractivity contribution in [1.82, 2.24) is 0 Å². The molecule has 1 aromatic rings. The quantitative estimate of drug-likeness (QED) is 0.603. The molecule has 0 aliphatic rings. The molecule has 0 saturated heterocycles. The lowest BCUT2D eigenvalue weighted by atomic mass is 9.89. The number of nitrogens with zero attached hydrogens (tertiary/aromatic N) is 2. The van der Waals surface area contributed by atoms with Gasteiger partial charge < -0.3 is 0 Å². The number of rotatable bonds is 4. The summed E-state index contributed by atoms with van der Waals surface area (Å²) in [5, 5.41) is 0. The van der Waals surface area contributed by atoms with Gasteiger partial charge in [-0.05, 0) is 61.1 Å². The predicted octanol–water partition coefficient (Wildman–Crippen LogP) is 2.59. The van der Waals surface area contributed by atoms with Crippen LogP contribution in [-0.2, 0) is 22.7 Å². The molecule has 18 heavy (non-hydrogen) atoms. The third kappa shape index (κ3) is 2.62. The second-order valence-electron chi connectivity index (χ2n) is 4.27. The Morgan fingerprint density at radius 1 is 0.722 bits per heavy atom. The first-order chi connectivity index (χ1) is 8.54. The predicted molar refractivity (Wildman–Crippen MR) is 69.0 cm³/mol. The Morgan fingerprint density at radius 3 is 1.22 bits per heavy atom. The lowest BCUT2D eigenvalue weighted by Gasteiger charge is -2.18. The molecule has 0 heterocycles. The van der Waals surface area contributed by atoms with Crippen LogP contribution in [0.25, 0.3) is 0 Å². The minimum absolute atomic E-state index is 0.347. The summed E-state index contributed by atoms with van der Waals surface area (Å²) in [6, 6.07) is 0. The van der Waals surface area contributed by atoms with Crippen molar-refractivity contribution in [2.45, 2.75) is 40.8 Å². The van der Waals surface area contributed by atoms with Gasteiger partial charge in [-0.3, -0.25) is 0 Å². The van der Waals surface area contributed by atoms with Gasteiger partial charge in [0, 0.05) is 0 Å². The molecule has 94 valence electrons. The molecule has 0 bridgehead atoms. The van der Waals surface area contributed by atoms with Crippen molar-refractivity contribution in [2.75, 3.05) is 0 Å². The number of hydrogen-bond acceptors (Lipinski definition) is 4. The van der Waals surface area contributed by atoms with E-state index in [1.807, 2.05) is 27.7 Å². The van der Waals surface area contributed by atoms with Crippen molar-refractivity contribution in [3.05, 3.63) is 33.4 Å². The molecular weight excluding hydrogens is 228 g/mol. The van der Waals surface area contributed by atoms with E-state index in [0.717, 1.165) is 33.4 Å². The van der Waals surface area contributed by atoms with Gasteiger partial charge >= 0.3 is 0 Å². The first kappa shape index (κ1) is 14.0. The Labute approximate surface area is 106 Å². The molecule has 0 amide bonds. The maximum atomic E-state index is 10.2. The lowest BCUT2D eigenvalue weighted by molar-refractivity contribution is 0.562. The van der Waals surface area contributed by atoms with E-state index >= 15 is 0 Å². The SMILES string of the molecule is Cc1c(C)c(CN=C=O)c(C)c(C)c1CN=C=O. The summed E-state index contributed by atoms with van der Waals surface area (Å²) in [5.41, 5.74) is 6.46. The summed E-state index contributed by atoms with van der Waals surface area (Å²) in [4.78, 5) is 27.8. The van der Waals surface area contributed by atoms with Gasteiger partial charge in [-0.2, -0.15) is 0 Å². The van der Waals surface area contributed by atoms with Crippen molar-refractivity contribution < 1.29 is 9.59 Å². The summed E-state index contributed by atoms with van der Waals surface area (Å²) < 4.78 is 0. The Bertz CT molecular complexity index is 484. The Morgan fingerprint density at radius 2 is 1.00 bits per heavy atom. The smallest absolute Gasteiger partial charge is 0.211 e. The fourth-order valence-electron chi connectivity index (χ4n) is 2.16. The summed E-state index contributed by atoms with van der Waals surface area (Å²) in [7, 11) is 0. The molecule has 0 spiro atoms. The number of hydrogen-bond donors (Lipinski definition) is 0. The molecule has 1 rings (SSSR count). The standard InChI is InChI=1S/C14H16N2O2/c1-9-10(2)14(6-16-8-18)12(4)11(3)13(9)5-15-7-17/h5-6H2,1-4H3. The van der Waals surface area contributed by atoms with Gasteiger partial charge in [-0.25, -0.2) is 19.6 Å². The number of benzene rings is 1. The highest BCUT2D eigenvalue weighted by molar-refractivity contribution is 5.51. The van der Waals surface area contributed by atoms with Crippen LogP contribution < -0.4 is 0 Å². The minimum atomic E-state index is 0.347. The van der Waals surface area contributed by atoms with Crippen LogP contribution in [0.5, 0.6) is 0 Å². The van der Waals surface area contributed by atoms with Crippen LogP contribution >= 0.6 is 0 Å². The molecule has 4 heteroatoms. The zero-order valence-electron chi connectivity index (χ0n) is 11.1. The van der Waals surface area contributed by atoms with Crippen LogP contribution in [0.2, 0.25) is 0 Å². The van der Waals surface area contributed by atoms with E-state index in [4.69, 9.17) is 0 Å². The molecule has 1 aromatic carbocycles. The highest BCUT2D eigenvalue weighted by Crippen LogP contribution is 2.27. The average Bonchev–Trinajstić information content (AvgIpc) is 2.37. The molecule has 0 N–H and O–H groups in total. The van der Waals surface area contributed by atoms with E-state index in [1.54, 1.807) is 12.2 Å². The summed E-state index contributed by atoms with van der Waals surface area (Å²) >= 11 is 0. The van der Waals surface area contributed by atoms with E-state index in [1.165, 1.54) is 0 Å². The van der Waals surface area contributed by atoms with Crippen molar-refractivity contribution in [2.24, 2.45) is 9.98 Å². The monoisotopic (exact) mass is 244 g/mol. The van der Waals surface area contributed by atoms with Crippen LogP contribution in [0.1, 0.15) is 33.4 Å². The zero-order valence-corrected chi connectivity index (χ0v) is 11.1. The van der Waals surface area contributed by atoms with Crippen LogP contribution in [0.3, 0.4) is 0 Å². The molecule has 0 radical (unpaired) electrons. The number of isocyanates is 2. The second kappa shape index (κ2) is 6.06. The molecule has 0 aliphatic heterocycles. The van der Waals surface area contributed by atoms with E-state index in [-0.39, 0.29) is 0 Å². The third-order valence-electron chi connectivity index (χ3n) is 3.54. The highest BCUT2D eigenvalue weighted by Gasteiger charge is 2.13. The van der Waals surface area contributed by atoms with Gasteiger partial charge in [0.05, 0.1) is 13.1 Å². The summed E-state index contributed by atoms with van der Waals surface area (Å²) in [6.07, 6.45) is 3.13. The molecule has 0 saturated carbocycles. The topological polar surface area (TPSA) is 58.9 Å². The first-order valence-corrected chi connectivity index (χ1v) is 5.70. The van der Waals surface area contributed by atoms with Crippen molar-refractivity contribution in [3.8, 4) is 0 Å². The summed E-state index contributed by atoms with van der Waals surface area (Å²) in [6.45, 7) is 8.66. The minimum Gasteiger partial charge on any atom is -0.211 e. The lowest BCUT2D eigenvalue weighted by Crippen LogP contribution is -2.04. The largest absolute Gasteiger partial charge is 0.235 e. The van der Waals surface area contributed by atoms with E-state index in [2.05, 4.69) is 9.98 Å². The molecule has 0 atom stereocenters. The number of aliphatic imine (C=N–C) groups is 2. The maximum absolute atomic E-state index is 10.2. The summed E-state index contributed by atoms with van der Waals surface area (Å²) in [5.74, 6) is 0. The number of carbonyl (C=O) groups excluding carboxylic acids is 2. The first-order valence-electron chi connectivity index (χ1n) is 5.70. The van der Waals surface area contributed by atoms with E-state index in [0.29, 0.717) is 13.1 Å². The average molecular weight is 244 g/mol. The van der Waals surface area contributed by atoms with Crippen LogP contribution in [0, 0.1) is 27.7 Å². The molecule has 0 unspecified atom stereocenters. The van der Waals surface area contributed by atoms with E-state index < -0.39 is 0 Å². The van der Waals surface area contributed by atoms with Crippen molar-refractivity contribution >= 4 is 12.2 Å². The van der Waals surface area contributed by atoms with Crippen LogP contribution in [0.4, 0.5) is 0 Å². The third-order valence-corrected chi connectivity index (χ3v) is 3.54. The van der Waals surface area contributed by atoms with Crippen LogP contribution in [0.15, 0.2) is 9.98 Å². The van der Waals surface area contributed by atoms with Gasteiger partial charge in [-0.1, -0.05) is 0 Å².